The monoisotopic (exact) mass is 379 g/mol. The largest absolute Gasteiger partial charge is 0.507 e. The molecule has 1 aliphatic rings. The molecule has 1 N–H and O–H groups in total. The molecule has 2 aromatic rings. The van der Waals surface area contributed by atoms with Gasteiger partial charge in [-0.1, -0.05) is 35.3 Å². The van der Waals surface area contributed by atoms with Crippen molar-refractivity contribution in [2.24, 2.45) is 0 Å². The standard InChI is InChI=1S/C17H11Cl2NO3S/c18-12-3-1-10(2-4-12)9-20-16(22)15(24-17(20)23)8-11-7-13(19)5-6-14(11)21/h1-8,21H,9H2/b15-8-. The summed E-state index contributed by atoms with van der Waals surface area (Å²) in [4.78, 5) is 26.0. The molecule has 0 bridgehead atoms. The molecule has 0 unspecified atom stereocenters. The number of carbonyl (C=O) groups is 2. The number of rotatable bonds is 3. The van der Waals surface area contributed by atoms with E-state index < -0.39 is 5.91 Å². The molecule has 0 atom stereocenters. The number of thioether (sulfide) groups is 1. The summed E-state index contributed by atoms with van der Waals surface area (Å²) in [5, 5.41) is 10.5. The average molecular weight is 380 g/mol. The highest BCUT2D eigenvalue weighted by atomic mass is 35.5. The first-order valence-electron chi connectivity index (χ1n) is 6.92. The molecule has 1 saturated heterocycles. The molecule has 0 spiro atoms. The Kier molecular flexibility index (Phi) is 4.85. The summed E-state index contributed by atoms with van der Waals surface area (Å²) in [7, 11) is 0. The summed E-state index contributed by atoms with van der Waals surface area (Å²) < 4.78 is 0. The fourth-order valence-corrected chi connectivity index (χ4v) is 3.33. The van der Waals surface area contributed by atoms with E-state index in [0.29, 0.717) is 15.6 Å². The number of nitrogens with zero attached hydrogens (tertiary/aromatic N) is 1. The molecule has 2 aromatic carbocycles. The minimum Gasteiger partial charge on any atom is -0.507 e. The first kappa shape index (κ1) is 16.9. The van der Waals surface area contributed by atoms with Crippen molar-refractivity contribution >= 4 is 52.2 Å². The first-order valence-corrected chi connectivity index (χ1v) is 8.49. The Morgan fingerprint density at radius 3 is 2.42 bits per heavy atom. The number of hydrogen-bond acceptors (Lipinski definition) is 4. The molecule has 1 heterocycles. The van der Waals surface area contributed by atoms with Gasteiger partial charge >= 0.3 is 0 Å². The number of amides is 2. The van der Waals surface area contributed by atoms with E-state index in [1.165, 1.54) is 18.2 Å². The number of phenolic OH excluding ortho intramolecular Hbond substituents is 1. The molecule has 0 aliphatic carbocycles. The maximum absolute atomic E-state index is 12.5. The molecule has 0 radical (unpaired) electrons. The van der Waals surface area contributed by atoms with E-state index in [4.69, 9.17) is 23.2 Å². The zero-order valence-electron chi connectivity index (χ0n) is 12.2. The predicted octanol–water partition coefficient (Wildman–Crippen LogP) is 4.94. The Balaban J connectivity index is 1.84. The smallest absolute Gasteiger partial charge is 0.293 e. The number of benzene rings is 2. The second kappa shape index (κ2) is 6.89. The topological polar surface area (TPSA) is 57.6 Å². The van der Waals surface area contributed by atoms with Crippen LogP contribution in [0, 0.1) is 0 Å². The Hall–Kier alpha value is -1.95. The van der Waals surface area contributed by atoms with Crippen molar-refractivity contribution in [3.8, 4) is 5.75 Å². The van der Waals surface area contributed by atoms with Crippen molar-refractivity contribution < 1.29 is 14.7 Å². The van der Waals surface area contributed by atoms with Crippen LogP contribution >= 0.6 is 35.0 Å². The highest BCUT2D eigenvalue weighted by Crippen LogP contribution is 2.35. The Bertz CT molecular complexity index is 849. The van der Waals surface area contributed by atoms with Crippen LogP contribution in [-0.4, -0.2) is 21.2 Å². The van der Waals surface area contributed by atoms with E-state index in [9.17, 15) is 14.7 Å². The van der Waals surface area contributed by atoms with Gasteiger partial charge in [0.2, 0.25) is 0 Å². The number of carbonyl (C=O) groups excluding carboxylic acids is 2. The third-order valence-corrected chi connectivity index (χ3v) is 4.80. The van der Waals surface area contributed by atoms with E-state index in [1.54, 1.807) is 30.3 Å². The van der Waals surface area contributed by atoms with Crippen molar-refractivity contribution in [3.63, 3.8) is 0 Å². The van der Waals surface area contributed by atoms with Crippen LogP contribution in [0.3, 0.4) is 0 Å². The van der Waals surface area contributed by atoms with Gasteiger partial charge in [-0.25, -0.2) is 0 Å². The first-order chi connectivity index (χ1) is 11.4. The lowest BCUT2D eigenvalue weighted by atomic mass is 10.1. The zero-order chi connectivity index (χ0) is 17.3. The Morgan fingerprint density at radius 1 is 1.04 bits per heavy atom. The molecule has 122 valence electrons. The van der Waals surface area contributed by atoms with Gasteiger partial charge in [0.15, 0.2) is 0 Å². The molecule has 24 heavy (non-hydrogen) atoms. The van der Waals surface area contributed by atoms with Crippen molar-refractivity contribution in [2.45, 2.75) is 6.54 Å². The Labute approximate surface area is 152 Å². The lowest BCUT2D eigenvalue weighted by Gasteiger charge is -2.12. The van der Waals surface area contributed by atoms with Crippen LogP contribution in [0.15, 0.2) is 47.4 Å². The van der Waals surface area contributed by atoms with Crippen LogP contribution < -0.4 is 0 Å². The van der Waals surface area contributed by atoms with E-state index in [-0.39, 0.29) is 22.4 Å². The lowest BCUT2D eigenvalue weighted by Crippen LogP contribution is -2.27. The third kappa shape index (κ3) is 3.59. The lowest BCUT2D eigenvalue weighted by molar-refractivity contribution is -0.123. The molecule has 0 saturated carbocycles. The number of imide groups is 1. The predicted molar refractivity (Wildman–Crippen MR) is 96.1 cm³/mol. The molecule has 3 rings (SSSR count). The molecule has 2 amide bonds. The maximum Gasteiger partial charge on any atom is 0.293 e. The van der Waals surface area contributed by atoms with E-state index in [2.05, 4.69) is 0 Å². The maximum atomic E-state index is 12.5. The zero-order valence-corrected chi connectivity index (χ0v) is 14.5. The second-order valence-electron chi connectivity index (χ2n) is 5.10. The molecule has 1 aliphatic heterocycles. The second-order valence-corrected chi connectivity index (χ2v) is 6.96. The van der Waals surface area contributed by atoms with Gasteiger partial charge in [-0.15, -0.1) is 0 Å². The highest BCUT2D eigenvalue weighted by Gasteiger charge is 2.35. The van der Waals surface area contributed by atoms with Crippen LogP contribution in [0.4, 0.5) is 4.79 Å². The SMILES string of the molecule is O=C1S/C(=C\c2cc(Cl)ccc2O)C(=O)N1Cc1ccc(Cl)cc1. The summed E-state index contributed by atoms with van der Waals surface area (Å²) in [5.74, 6) is -0.414. The minimum absolute atomic E-state index is 0.0103. The van der Waals surface area contributed by atoms with Gasteiger partial charge in [0, 0.05) is 15.6 Å². The van der Waals surface area contributed by atoms with Gasteiger partial charge in [-0.3, -0.25) is 14.5 Å². The number of aromatic hydroxyl groups is 1. The summed E-state index contributed by atoms with van der Waals surface area (Å²) in [6.07, 6.45) is 1.47. The van der Waals surface area contributed by atoms with Crippen LogP contribution in [-0.2, 0) is 11.3 Å². The third-order valence-electron chi connectivity index (χ3n) is 3.40. The number of hydrogen-bond donors (Lipinski definition) is 1. The molecule has 1 fully saturated rings. The molecular formula is C17H11Cl2NO3S. The van der Waals surface area contributed by atoms with Gasteiger partial charge in [0.1, 0.15) is 5.75 Å². The number of halogens is 2. The average Bonchev–Trinajstić information content (AvgIpc) is 2.80. The van der Waals surface area contributed by atoms with Crippen LogP contribution in [0.5, 0.6) is 5.75 Å². The Morgan fingerprint density at radius 2 is 1.71 bits per heavy atom. The van der Waals surface area contributed by atoms with E-state index in [0.717, 1.165) is 22.2 Å². The summed E-state index contributed by atoms with van der Waals surface area (Å²) in [5.41, 5.74) is 1.19. The summed E-state index contributed by atoms with van der Waals surface area (Å²) >= 11 is 12.6. The summed E-state index contributed by atoms with van der Waals surface area (Å²) in [6.45, 7) is 0.167. The fraction of sp³-hybridized carbons (Fsp3) is 0.0588. The van der Waals surface area contributed by atoms with Gasteiger partial charge in [0.25, 0.3) is 11.1 Å². The van der Waals surface area contributed by atoms with Gasteiger partial charge in [-0.05, 0) is 53.7 Å². The number of phenols is 1. The van der Waals surface area contributed by atoms with Crippen molar-refractivity contribution in [1.29, 1.82) is 0 Å². The van der Waals surface area contributed by atoms with Crippen LogP contribution in [0.25, 0.3) is 6.08 Å². The molecular weight excluding hydrogens is 369 g/mol. The van der Waals surface area contributed by atoms with Crippen molar-refractivity contribution in [1.82, 2.24) is 4.90 Å². The molecule has 4 nitrogen and oxygen atoms in total. The van der Waals surface area contributed by atoms with Gasteiger partial charge in [-0.2, -0.15) is 0 Å². The summed E-state index contributed by atoms with van der Waals surface area (Å²) in [6, 6.07) is 11.4. The highest BCUT2D eigenvalue weighted by molar-refractivity contribution is 8.18. The van der Waals surface area contributed by atoms with Crippen LogP contribution in [0.1, 0.15) is 11.1 Å². The molecule has 0 aromatic heterocycles. The van der Waals surface area contributed by atoms with Gasteiger partial charge in [0.05, 0.1) is 11.4 Å². The van der Waals surface area contributed by atoms with Crippen molar-refractivity contribution in [2.75, 3.05) is 0 Å². The van der Waals surface area contributed by atoms with E-state index >= 15 is 0 Å². The van der Waals surface area contributed by atoms with Crippen LogP contribution in [0.2, 0.25) is 10.0 Å². The minimum atomic E-state index is -0.403. The fourth-order valence-electron chi connectivity index (χ4n) is 2.19. The van der Waals surface area contributed by atoms with Crippen molar-refractivity contribution in [3.05, 3.63) is 68.5 Å². The quantitative estimate of drug-likeness (QED) is 0.767. The normalized spacial score (nSPS) is 16.2. The van der Waals surface area contributed by atoms with Gasteiger partial charge < -0.3 is 5.11 Å². The van der Waals surface area contributed by atoms with E-state index in [1.807, 2.05) is 0 Å². The molecule has 7 heteroatoms.